The molecule has 1 N–H and O–H groups in total. The lowest BCUT2D eigenvalue weighted by atomic mass is 10.1. The Kier molecular flexibility index (Phi) is 18.8. The van der Waals surface area contributed by atoms with Crippen LogP contribution in [0.25, 0.3) is 12.2 Å². The highest BCUT2D eigenvalue weighted by Crippen LogP contribution is 2.28. The van der Waals surface area contributed by atoms with E-state index in [9.17, 15) is 4.79 Å². The van der Waals surface area contributed by atoms with Crippen molar-refractivity contribution in [1.82, 2.24) is 4.98 Å². The fraction of sp³-hybridized carbons (Fsp3) is 0.512. The van der Waals surface area contributed by atoms with E-state index >= 15 is 0 Å². The van der Waals surface area contributed by atoms with Gasteiger partial charge in [0, 0.05) is 24.0 Å². The van der Waals surface area contributed by atoms with Gasteiger partial charge in [0.1, 0.15) is 17.2 Å². The average Bonchev–Trinajstić information content (AvgIpc) is 3.08. The molecule has 3 aromatic rings. The summed E-state index contributed by atoms with van der Waals surface area (Å²) in [6, 6.07) is 15.3. The van der Waals surface area contributed by atoms with E-state index in [1.165, 1.54) is 77.0 Å². The minimum absolute atomic E-state index is 0.326. The van der Waals surface area contributed by atoms with Crippen molar-refractivity contribution in [2.45, 2.75) is 117 Å². The fourth-order valence-electron chi connectivity index (χ4n) is 5.56. The van der Waals surface area contributed by atoms with Crippen LogP contribution in [0.15, 0.2) is 60.9 Å². The Labute approximate surface area is 283 Å². The molecule has 0 amide bonds. The first kappa shape index (κ1) is 37.7. The van der Waals surface area contributed by atoms with E-state index in [0.29, 0.717) is 18.8 Å². The summed E-state index contributed by atoms with van der Waals surface area (Å²) in [6.45, 7) is 6.17. The fourth-order valence-corrected chi connectivity index (χ4v) is 5.56. The lowest BCUT2D eigenvalue weighted by Crippen LogP contribution is -2.02. The largest absolute Gasteiger partial charge is 0.494 e. The van der Waals surface area contributed by atoms with Crippen LogP contribution in [0, 0.1) is 6.92 Å². The molecule has 256 valence electrons. The monoisotopic (exact) mass is 643 g/mol. The predicted octanol–water partition coefficient (Wildman–Crippen LogP) is 11.4. The molecule has 6 heteroatoms. The van der Waals surface area contributed by atoms with Crippen molar-refractivity contribution in [1.29, 1.82) is 0 Å². The topological polar surface area (TPSA) is 77.9 Å². The summed E-state index contributed by atoms with van der Waals surface area (Å²) in [4.78, 5) is 15.3. The number of aromatic carboxylic acids is 1. The standard InChI is InChI=1S/C41H57NO5/c1-3-4-5-6-7-10-15-18-31-47-40-33-38(22-21-36(40)20-19-35-25-27-42-28-26-35)46-30-17-14-12-9-8-11-13-16-29-45-37-23-24-39(41(43)44)34(2)32-37/h19-28,32-33H,3-18,29-31H2,1-2H3,(H,43,44)/b20-19+. The summed E-state index contributed by atoms with van der Waals surface area (Å²) in [7, 11) is 0. The van der Waals surface area contributed by atoms with Gasteiger partial charge in [-0.3, -0.25) is 4.98 Å². The van der Waals surface area contributed by atoms with Gasteiger partial charge in [-0.05, 0) is 79.8 Å². The van der Waals surface area contributed by atoms with E-state index in [0.717, 1.165) is 66.2 Å². The van der Waals surface area contributed by atoms with Gasteiger partial charge in [-0.25, -0.2) is 4.79 Å². The Morgan fingerprint density at radius 3 is 1.70 bits per heavy atom. The number of hydrogen-bond acceptors (Lipinski definition) is 5. The van der Waals surface area contributed by atoms with Crippen molar-refractivity contribution in [3.8, 4) is 17.2 Å². The summed E-state index contributed by atoms with van der Waals surface area (Å²) in [5.74, 6) is 1.59. The van der Waals surface area contributed by atoms with Gasteiger partial charge in [0.15, 0.2) is 0 Å². The van der Waals surface area contributed by atoms with Gasteiger partial charge in [-0.1, -0.05) is 103 Å². The maximum Gasteiger partial charge on any atom is 0.335 e. The minimum Gasteiger partial charge on any atom is -0.494 e. The Bertz CT molecular complexity index is 1310. The number of carboxylic acids is 1. The molecular formula is C41H57NO5. The molecule has 0 aliphatic rings. The Morgan fingerprint density at radius 1 is 0.638 bits per heavy atom. The van der Waals surface area contributed by atoms with Crippen molar-refractivity contribution in [2.24, 2.45) is 0 Å². The van der Waals surface area contributed by atoms with Crippen LogP contribution in [0.3, 0.4) is 0 Å². The summed E-state index contributed by atoms with van der Waals surface area (Å²) < 4.78 is 18.2. The zero-order valence-electron chi connectivity index (χ0n) is 28.9. The summed E-state index contributed by atoms with van der Waals surface area (Å²) in [6.07, 6.45) is 27.4. The van der Waals surface area contributed by atoms with Gasteiger partial charge in [0.2, 0.25) is 0 Å². The highest BCUT2D eigenvalue weighted by Gasteiger charge is 2.08. The first-order chi connectivity index (χ1) is 23.1. The molecule has 0 aliphatic carbocycles. The Hall–Kier alpha value is -3.80. The number of nitrogens with zero attached hydrogens (tertiary/aromatic N) is 1. The molecule has 0 saturated carbocycles. The number of aryl methyl sites for hydroxylation is 1. The summed E-state index contributed by atoms with van der Waals surface area (Å²) in [5.41, 5.74) is 3.23. The first-order valence-corrected chi connectivity index (χ1v) is 18.0. The van der Waals surface area contributed by atoms with Crippen LogP contribution in [0.4, 0.5) is 0 Å². The highest BCUT2D eigenvalue weighted by atomic mass is 16.5. The lowest BCUT2D eigenvalue weighted by molar-refractivity contribution is 0.0696. The molecule has 3 rings (SSSR count). The predicted molar refractivity (Wildman–Crippen MR) is 194 cm³/mol. The van der Waals surface area contributed by atoms with Gasteiger partial charge in [-0.2, -0.15) is 0 Å². The third kappa shape index (κ3) is 16.0. The van der Waals surface area contributed by atoms with Crippen LogP contribution >= 0.6 is 0 Å². The normalized spacial score (nSPS) is 11.2. The average molecular weight is 644 g/mol. The van der Waals surface area contributed by atoms with Gasteiger partial charge in [0.05, 0.1) is 25.4 Å². The molecule has 0 saturated heterocycles. The Morgan fingerprint density at radius 2 is 1.15 bits per heavy atom. The number of aromatic nitrogens is 1. The molecule has 0 spiro atoms. The summed E-state index contributed by atoms with van der Waals surface area (Å²) >= 11 is 0. The molecule has 0 radical (unpaired) electrons. The SMILES string of the molecule is CCCCCCCCCCOc1cc(OCCCCCCCCCCOc2ccc(C(=O)O)c(C)c2)ccc1/C=C/c1ccncc1. The van der Waals surface area contributed by atoms with Crippen LogP contribution in [0.5, 0.6) is 17.2 Å². The number of ether oxygens (including phenoxy) is 3. The molecule has 1 aromatic heterocycles. The number of carboxylic acid groups (broad SMARTS) is 1. The van der Waals surface area contributed by atoms with E-state index in [-0.39, 0.29) is 0 Å². The van der Waals surface area contributed by atoms with E-state index in [4.69, 9.17) is 19.3 Å². The zero-order valence-corrected chi connectivity index (χ0v) is 28.9. The maximum absolute atomic E-state index is 11.1. The molecule has 1 heterocycles. The van der Waals surface area contributed by atoms with Crippen LogP contribution in [-0.2, 0) is 0 Å². The van der Waals surface area contributed by atoms with Gasteiger partial charge in [0.25, 0.3) is 0 Å². The van der Waals surface area contributed by atoms with Crippen LogP contribution < -0.4 is 14.2 Å². The first-order valence-electron chi connectivity index (χ1n) is 18.0. The van der Waals surface area contributed by atoms with Crippen molar-refractivity contribution >= 4 is 18.1 Å². The number of pyridine rings is 1. The summed E-state index contributed by atoms with van der Waals surface area (Å²) in [5, 5.41) is 9.15. The van der Waals surface area contributed by atoms with Gasteiger partial charge in [-0.15, -0.1) is 0 Å². The van der Waals surface area contributed by atoms with Crippen molar-refractivity contribution in [3.63, 3.8) is 0 Å². The lowest BCUT2D eigenvalue weighted by Gasteiger charge is -2.13. The second kappa shape index (κ2) is 23.5. The number of rotatable bonds is 26. The number of unbranched alkanes of at least 4 members (excludes halogenated alkanes) is 14. The molecule has 0 fully saturated rings. The third-order valence-corrected chi connectivity index (χ3v) is 8.41. The molecular weight excluding hydrogens is 586 g/mol. The van der Waals surface area contributed by atoms with Gasteiger partial charge < -0.3 is 19.3 Å². The number of hydrogen-bond donors (Lipinski definition) is 1. The zero-order chi connectivity index (χ0) is 33.4. The molecule has 0 bridgehead atoms. The van der Waals surface area contributed by atoms with Crippen molar-refractivity contribution in [2.75, 3.05) is 19.8 Å². The van der Waals surface area contributed by atoms with Crippen LogP contribution in [0.1, 0.15) is 137 Å². The molecule has 47 heavy (non-hydrogen) atoms. The van der Waals surface area contributed by atoms with E-state index in [2.05, 4.69) is 30.1 Å². The van der Waals surface area contributed by atoms with Crippen molar-refractivity contribution < 1.29 is 24.1 Å². The maximum atomic E-state index is 11.1. The van der Waals surface area contributed by atoms with E-state index < -0.39 is 5.97 Å². The molecule has 6 nitrogen and oxygen atoms in total. The van der Waals surface area contributed by atoms with Crippen LogP contribution in [0.2, 0.25) is 0 Å². The third-order valence-electron chi connectivity index (χ3n) is 8.41. The number of benzene rings is 2. The molecule has 2 aromatic carbocycles. The van der Waals surface area contributed by atoms with Crippen LogP contribution in [-0.4, -0.2) is 35.9 Å². The molecule has 0 aliphatic heterocycles. The van der Waals surface area contributed by atoms with E-state index in [1.807, 2.05) is 36.7 Å². The minimum atomic E-state index is -0.901. The second-order valence-electron chi connectivity index (χ2n) is 12.4. The van der Waals surface area contributed by atoms with Crippen molar-refractivity contribution in [3.05, 3.63) is 83.2 Å². The van der Waals surface area contributed by atoms with Gasteiger partial charge >= 0.3 is 5.97 Å². The number of carbonyl (C=O) groups is 1. The quantitative estimate of drug-likeness (QED) is 0.0877. The second-order valence-corrected chi connectivity index (χ2v) is 12.4. The smallest absolute Gasteiger partial charge is 0.335 e. The molecule has 0 atom stereocenters. The molecule has 0 unspecified atom stereocenters. The van der Waals surface area contributed by atoms with E-state index in [1.54, 1.807) is 25.1 Å². The highest BCUT2D eigenvalue weighted by molar-refractivity contribution is 5.89. The Balaban J connectivity index is 1.29.